The summed E-state index contributed by atoms with van der Waals surface area (Å²) in [5.41, 5.74) is 0. The third-order valence-corrected chi connectivity index (χ3v) is 2.54. The number of hydrogen-bond acceptors (Lipinski definition) is 1. The highest BCUT2D eigenvalue weighted by Gasteiger charge is 2.43. The van der Waals surface area contributed by atoms with Crippen molar-refractivity contribution in [2.45, 2.75) is 31.9 Å². The van der Waals surface area contributed by atoms with E-state index in [-0.39, 0.29) is 25.4 Å². The molecule has 72 valence electrons. The molecule has 0 amide bonds. The van der Waals surface area contributed by atoms with Crippen molar-refractivity contribution >= 4 is 0 Å². The van der Waals surface area contributed by atoms with E-state index in [2.05, 4.69) is 0 Å². The Morgan fingerprint density at radius 1 is 1.25 bits per heavy atom. The number of rotatable bonds is 2. The number of aliphatic hydroxyl groups is 1. The van der Waals surface area contributed by atoms with Crippen LogP contribution < -0.4 is 0 Å². The highest BCUT2D eigenvalue weighted by atomic mass is 19.4. The third kappa shape index (κ3) is 2.37. The number of aliphatic hydroxyl groups excluding tert-OH is 1. The van der Waals surface area contributed by atoms with Gasteiger partial charge in [-0.1, -0.05) is 0 Å². The Labute approximate surface area is 69.6 Å². The molecule has 0 aliphatic heterocycles. The smallest absolute Gasteiger partial charge is 0.391 e. The van der Waals surface area contributed by atoms with Crippen LogP contribution in [0.1, 0.15) is 25.7 Å². The number of hydrogen-bond donors (Lipinski definition) is 1. The molecule has 0 saturated heterocycles. The number of halogens is 3. The second-order valence-electron chi connectivity index (χ2n) is 3.43. The molecule has 0 spiro atoms. The molecule has 2 atom stereocenters. The van der Waals surface area contributed by atoms with Crippen LogP contribution in [0.25, 0.3) is 0 Å². The minimum Gasteiger partial charge on any atom is -0.396 e. The molecule has 1 aliphatic rings. The summed E-state index contributed by atoms with van der Waals surface area (Å²) in [4.78, 5) is 0. The van der Waals surface area contributed by atoms with Crippen LogP contribution in [0.4, 0.5) is 13.2 Å². The summed E-state index contributed by atoms with van der Waals surface area (Å²) in [7, 11) is 0. The van der Waals surface area contributed by atoms with Gasteiger partial charge in [0.15, 0.2) is 0 Å². The maximum Gasteiger partial charge on any atom is 0.391 e. The van der Waals surface area contributed by atoms with Gasteiger partial charge in [0.05, 0.1) is 5.92 Å². The van der Waals surface area contributed by atoms with Crippen LogP contribution in [0, 0.1) is 11.8 Å². The second-order valence-corrected chi connectivity index (χ2v) is 3.43. The SMILES string of the molecule is OCCC1CCC(C(F)(F)F)C1. The van der Waals surface area contributed by atoms with Crippen molar-refractivity contribution in [3.05, 3.63) is 0 Å². The standard InChI is InChI=1S/C8H13F3O/c9-8(10,11)7-2-1-6(5-7)3-4-12/h6-7,12H,1-5H2. The van der Waals surface area contributed by atoms with E-state index in [1.807, 2.05) is 0 Å². The van der Waals surface area contributed by atoms with Crippen LogP contribution in [0.3, 0.4) is 0 Å². The van der Waals surface area contributed by atoms with Crippen molar-refractivity contribution in [3.63, 3.8) is 0 Å². The molecule has 0 heterocycles. The van der Waals surface area contributed by atoms with Gasteiger partial charge in [-0.3, -0.25) is 0 Å². The average molecular weight is 182 g/mol. The van der Waals surface area contributed by atoms with Gasteiger partial charge in [0.2, 0.25) is 0 Å². The fourth-order valence-electron chi connectivity index (χ4n) is 1.82. The molecular formula is C8H13F3O. The normalized spacial score (nSPS) is 31.0. The second kappa shape index (κ2) is 3.64. The molecule has 0 aromatic rings. The van der Waals surface area contributed by atoms with Crippen LogP contribution in [0.15, 0.2) is 0 Å². The summed E-state index contributed by atoms with van der Waals surface area (Å²) in [6.45, 7) is 0.00917. The Morgan fingerprint density at radius 3 is 2.33 bits per heavy atom. The first-order valence-electron chi connectivity index (χ1n) is 4.21. The lowest BCUT2D eigenvalue weighted by atomic mass is 10.0. The van der Waals surface area contributed by atoms with Gasteiger partial charge in [0, 0.05) is 6.61 Å². The monoisotopic (exact) mass is 182 g/mol. The van der Waals surface area contributed by atoms with Crippen molar-refractivity contribution in [2.75, 3.05) is 6.61 Å². The summed E-state index contributed by atoms with van der Waals surface area (Å²) in [5.74, 6) is -1.03. The molecule has 1 nitrogen and oxygen atoms in total. The van der Waals surface area contributed by atoms with Gasteiger partial charge >= 0.3 is 6.18 Å². The van der Waals surface area contributed by atoms with Crippen molar-refractivity contribution in [1.29, 1.82) is 0 Å². The van der Waals surface area contributed by atoms with Crippen molar-refractivity contribution in [1.82, 2.24) is 0 Å². The van der Waals surface area contributed by atoms with Gasteiger partial charge < -0.3 is 5.11 Å². The van der Waals surface area contributed by atoms with Crippen LogP contribution in [-0.2, 0) is 0 Å². The molecule has 0 aromatic heterocycles. The largest absolute Gasteiger partial charge is 0.396 e. The molecule has 2 unspecified atom stereocenters. The summed E-state index contributed by atoms with van der Waals surface area (Å²) in [6.07, 6.45) is -2.43. The maximum atomic E-state index is 12.1. The zero-order valence-electron chi connectivity index (χ0n) is 6.77. The zero-order valence-corrected chi connectivity index (χ0v) is 6.77. The van der Waals surface area contributed by atoms with Crippen LogP contribution in [0.2, 0.25) is 0 Å². The Hall–Kier alpha value is -0.250. The summed E-state index contributed by atoms with van der Waals surface area (Å²) in [6, 6.07) is 0. The van der Waals surface area contributed by atoms with Crippen molar-refractivity contribution in [3.8, 4) is 0 Å². The van der Waals surface area contributed by atoms with Gasteiger partial charge in [-0.15, -0.1) is 0 Å². The average Bonchev–Trinajstić information content (AvgIpc) is 2.35. The molecule has 12 heavy (non-hydrogen) atoms. The zero-order chi connectivity index (χ0) is 9.19. The van der Waals surface area contributed by atoms with Gasteiger partial charge in [0.1, 0.15) is 0 Å². The summed E-state index contributed by atoms with van der Waals surface area (Å²) in [5, 5.41) is 8.53. The van der Waals surface area contributed by atoms with E-state index in [4.69, 9.17) is 5.11 Å². The van der Waals surface area contributed by atoms with Gasteiger partial charge in [0.25, 0.3) is 0 Å². The first-order valence-corrected chi connectivity index (χ1v) is 4.21. The summed E-state index contributed by atoms with van der Waals surface area (Å²) >= 11 is 0. The van der Waals surface area contributed by atoms with E-state index in [9.17, 15) is 13.2 Å². The van der Waals surface area contributed by atoms with Gasteiger partial charge in [-0.2, -0.15) is 13.2 Å². The lowest BCUT2D eigenvalue weighted by molar-refractivity contribution is -0.173. The molecule has 1 fully saturated rings. The lowest BCUT2D eigenvalue weighted by Crippen LogP contribution is -2.20. The van der Waals surface area contributed by atoms with Gasteiger partial charge in [-0.05, 0) is 31.6 Å². The molecule has 0 bridgehead atoms. The number of alkyl halides is 3. The Balaban J connectivity index is 2.35. The Morgan fingerprint density at radius 2 is 1.92 bits per heavy atom. The minimum absolute atomic E-state index is 0.00917. The fourth-order valence-corrected chi connectivity index (χ4v) is 1.82. The molecule has 0 radical (unpaired) electrons. The van der Waals surface area contributed by atoms with E-state index in [1.54, 1.807) is 0 Å². The van der Waals surface area contributed by atoms with Crippen LogP contribution in [0.5, 0.6) is 0 Å². The van der Waals surface area contributed by atoms with Crippen LogP contribution in [-0.4, -0.2) is 17.9 Å². The predicted molar refractivity (Wildman–Crippen MR) is 38.6 cm³/mol. The lowest BCUT2D eigenvalue weighted by Gasteiger charge is -2.14. The quantitative estimate of drug-likeness (QED) is 0.695. The highest BCUT2D eigenvalue weighted by Crippen LogP contribution is 2.42. The van der Waals surface area contributed by atoms with E-state index >= 15 is 0 Å². The Bertz CT molecular complexity index is 144. The highest BCUT2D eigenvalue weighted by molar-refractivity contribution is 4.79. The molecule has 1 saturated carbocycles. The minimum atomic E-state index is -4.02. The molecule has 4 heteroatoms. The fraction of sp³-hybridized carbons (Fsp3) is 1.00. The molecule has 1 rings (SSSR count). The maximum absolute atomic E-state index is 12.1. The Kier molecular flexibility index (Phi) is 2.99. The molecule has 0 aromatic carbocycles. The van der Waals surface area contributed by atoms with Crippen molar-refractivity contribution in [2.24, 2.45) is 11.8 Å². The van der Waals surface area contributed by atoms with Crippen molar-refractivity contribution < 1.29 is 18.3 Å². The molecular weight excluding hydrogens is 169 g/mol. The van der Waals surface area contributed by atoms with E-state index < -0.39 is 12.1 Å². The first-order chi connectivity index (χ1) is 5.54. The molecule has 1 aliphatic carbocycles. The summed E-state index contributed by atoms with van der Waals surface area (Å²) < 4.78 is 36.3. The van der Waals surface area contributed by atoms with Crippen LogP contribution >= 0.6 is 0 Å². The van der Waals surface area contributed by atoms with E-state index in [0.717, 1.165) is 0 Å². The van der Waals surface area contributed by atoms with Gasteiger partial charge in [-0.25, -0.2) is 0 Å². The van der Waals surface area contributed by atoms with E-state index in [1.165, 1.54) is 0 Å². The first kappa shape index (κ1) is 9.84. The predicted octanol–water partition coefficient (Wildman–Crippen LogP) is 2.35. The topological polar surface area (TPSA) is 20.2 Å². The molecule has 1 N–H and O–H groups in total. The van der Waals surface area contributed by atoms with E-state index in [0.29, 0.717) is 12.8 Å². The third-order valence-electron chi connectivity index (χ3n) is 2.54.